The summed E-state index contributed by atoms with van der Waals surface area (Å²) in [6, 6.07) is 4.25. The van der Waals surface area contributed by atoms with Crippen LogP contribution in [-0.2, 0) is 0 Å². The molecule has 3 N–H and O–H groups in total. The summed E-state index contributed by atoms with van der Waals surface area (Å²) in [4.78, 5) is 12.3. The second-order valence-corrected chi connectivity index (χ2v) is 5.99. The smallest absolute Gasteiger partial charge is 0.259 e. The lowest BCUT2D eigenvalue weighted by atomic mass is 9.78. The van der Waals surface area contributed by atoms with Crippen LogP contribution < -0.4 is 5.32 Å². The summed E-state index contributed by atoms with van der Waals surface area (Å²) in [5.41, 5.74) is -0.532. The number of benzene rings is 1. The molecule has 2 rings (SSSR count). The van der Waals surface area contributed by atoms with E-state index in [-0.39, 0.29) is 17.1 Å². The maximum Gasteiger partial charge on any atom is 0.259 e. The zero-order valence-electron chi connectivity index (χ0n) is 11.5. The minimum Gasteiger partial charge on any atom is -0.507 e. The number of amides is 1. The van der Waals surface area contributed by atoms with Gasteiger partial charge in [-0.15, -0.1) is 11.6 Å². The molecular formula is C15H20ClNO3. The van der Waals surface area contributed by atoms with Crippen molar-refractivity contribution >= 4 is 17.5 Å². The maximum absolute atomic E-state index is 12.3. The Morgan fingerprint density at radius 1 is 1.35 bits per heavy atom. The molecule has 1 aliphatic rings. The van der Waals surface area contributed by atoms with E-state index in [2.05, 4.69) is 12.2 Å². The molecule has 0 aromatic heterocycles. The number of carbonyl (C=O) groups excluding carboxylic acids is 1. The van der Waals surface area contributed by atoms with E-state index in [1.807, 2.05) is 0 Å². The Morgan fingerprint density at radius 2 is 1.90 bits per heavy atom. The van der Waals surface area contributed by atoms with Gasteiger partial charge in [-0.1, -0.05) is 13.0 Å². The highest BCUT2D eigenvalue weighted by molar-refractivity contribution is 6.19. The summed E-state index contributed by atoms with van der Waals surface area (Å²) >= 11 is 6.06. The van der Waals surface area contributed by atoms with Gasteiger partial charge in [-0.2, -0.15) is 0 Å². The van der Waals surface area contributed by atoms with Crippen LogP contribution in [0.3, 0.4) is 0 Å². The average molecular weight is 298 g/mol. The Morgan fingerprint density at radius 3 is 2.40 bits per heavy atom. The van der Waals surface area contributed by atoms with Crippen molar-refractivity contribution in [2.75, 3.05) is 5.88 Å². The third kappa shape index (κ3) is 3.01. The van der Waals surface area contributed by atoms with Crippen molar-refractivity contribution < 1.29 is 15.0 Å². The summed E-state index contributed by atoms with van der Waals surface area (Å²) < 4.78 is 0. The normalized spacial score (nSPS) is 26.2. The van der Waals surface area contributed by atoms with Crippen molar-refractivity contribution in [1.29, 1.82) is 0 Å². The minimum absolute atomic E-state index is 0.0874. The molecule has 110 valence electrons. The second kappa shape index (κ2) is 5.92. The number of nitrogens with one attached hydrogen (secondary N) is 1. The van der Waals surface area contributed by atoms with Crippen molar-refractivity contribution in [2.24, 2.45) is 5.92 Å². The van der Waals surface area contributed by atoms with Gasteiger partial charge in [-0.05, 0) is 43.7 Å². The third-order valence-corrected chi connectivity index (χ3v) is 4.63. The number of alkyl halides is 1. The van der Waals surface area contributed by atoms with Crippen LogP contribution in [-0.4, -0.2) is 27.5 Å². The van der Waals surface area contributed by atoms with Crippen LogP contribution in [0, 0.1) is 5.92 Å². The molecule has 0 unspecified atom stereocenters. The number of aromatic hydroxyl groups is 2. The highest BCUT2D eigenvalue weighted by Gasteiger charge is 2.36. The second-order valence-electron chi connectivity index (χ2n) is 5.72. The molecule has 1 aromatic rings. The van der Waals surface area contributed by atoms with Crippen LogP contribution in [0.25, 0.3) is 0 Å². The molecule has 1 amide bonds. The van der Waals surface area contributed by atoms with Gasteiger partial charge in [0.05, 0.1) is 5.54 Å². The fourth-order valence-corrected chi connectivity index (χ4v) is 3.01. The predicted molar refractivity (Wildman–Crippen MR) is 78.3 cm³/mol. The minimum atomic E-state index is -0.476. The molecule has 0 bridgehead atoms. The monoisotopic (exact) mass is 297 g/mol. The van der Waals surface area contributed by atoms with Crippen LogP contribution in [0.5, 0.6) is 11.5 Å². The van der Waals surface area contributed by atoms with E-state index in [0.29, 0.717) is 11.8 Å². The van der Waals surface area contributed by atoms with Gasteiger partial charge >= 0.3 is 0 Å². The quantitative estimate of drug-likeness (QED) is 0.751. The molecule has 0 spiro atoms. The average Bonchev–Trinajstić information content (AvgIpc) is 2.41. The van der Waals surface area contributed by atoms with Crippen molar-refractivity contribution in [1.82, 2.24) is 5.32 Å². The van der Waals surface area contributed by atoms with E-state index in [4.69, 9.17) is 11.6 Å². The largest absolute Gasteiger partial charge is 0.507 e. The Hall–Kier alpha value is -1.42. The highest BCUT2D eigenvalue weighted by atomic mass is 35.5. The highest BCUT2D eigenvalue weighted by Crippen LogP contribution is 2.34. The molecule has 1 aromatic carbocycles. The Kier molecular flexibility index (Phi) is 4.43. The number of hydrogen-bond donors (Lipinski definition) is 3. The summed E-state index contributed by atoms with van der Waals surface area (Å²) in [5.74, 6) is 0.0465. The van der Waals surface area contributed by atoms with Gasteiger partial charge in [0.15, 0.2) is 0 Å². The maximum atomic E-state index is 12.3. The standard InChI is InChI=1S/C15H20ClNO3/c1-10-5-7-15(9-16,8-6-10)17-14(20)13-11(18)3-2-4-12(13)19/h2-4,10,18-19H,5-9H2,1H3,(H,17,20). The molecule has 0 saturated heterocycles. The third-order valence-electron chi connectivity index (χ3n) is 4.11. The van der Waals surface area contributed by atoms with Gasteiger partial charge in [0.2, 0.25) is 0 Å². The molecule has 20 heavy (non-hydrogen) atoms. The van der Waals surface area contributed by atoms with Gasteiger partial charge in [0, 0.05) is 5.88 Å². The number of phenols is 2. The van der Waals surface area contributed by atoms with Gasteiger partial charge in [-0.3, -0.25) is 4.79 Å². The first-order valence-corrected chi connectivity index (χ1v) is 7.40. The van der Waals surface area contributed by atoms with E-state index in [0.717, 1.165) is 25.7 Å². The molecule has 1 fully saturated rings. The van der Waals surface area contributed by atoms with Crippen LogP contribution in [0.15, 0.2) is 18.2 Å². The fourth-order valence-electron chi connectivity index (χ4n) is 2.67. The first kappa shape index (κ1) is 15.0. The summed E-state index contributed by atoms with van der Waals surface area (Å²) in [6.45, 7) is 2.19. The molecule has 1 saturated carbocycles. The van der Waals surface area contributed by atoms with Crippen molar-refractivity contribution in [3.8, 4) is 11.5 Å². The van der Waals surface area contributed by atoms with Crippen LogP contribution in [0.1, 0.15) is 43.0 Å². The number of phenolic OH excluding ortho intramolecular Hbond substituents is 2. The van der Waals surface area contributed by atoms with Crippen LogP contribution >= 0.6 is 11.6 Å². The van der Waals surface area contributed by atoms with Gasteiger partial charge in [0.1, 0.15) is 17.1 Å². The Bertz CT molecular complexity index is 476. The van der Waals surface area contributed by atoms with Gasteiger partial charge < -0.3 is 15.5 Å². The molecule has 0 heterocycles. The molecule has 0 aliphatic heterocycles. The summed E-state index contributed by atoms with van der Waals surface area (Å²) in [5, 5.41) is 22.4. The van der Waals surface area contributed by atoms with E-state index in [1.165, 1.54) is 18.2 Å². The van der Waals surface area contributed by atoms with Crippen molar-refractivity contribution in [3.63, 3.8) is 0 Å². The lowest BCUT2D eigenvalue weighted by molar-refractivity contribution is 0.0867. The predicted octanol–water partition coefficient (Wildman–Crippen LogP) is 3.02. The van der Waals surface area contributed by atoms with Crippen LogP contribution in [0.4, 0.5) is 0 Å². The van der Waals surface area contributed by atoms with Gasteiger partial charge in [-0.25, -0.2) is 0 Å². The fraction of sp³-hybridized carbons (Fsp3) is 0.533. The van der Waals surface area contributed by atoms with Gasteiger partial charge in [0.25, 0.3) is 5.91 Å². The molecule has 5 heteroatoms. The molecule has 4 nitrogen and oxygen atoms in total. The van der Waals surface area contributed by atoms with E-state index >= 15 is 0 Å². The zero-order valence-corrected chi connectivity index (χ0v) is 12.3. The molecule has 0 atom stereocenters. The first-order chi connectivity index (χ1) is 9.47. The van der Waals surface area contributed by atoms with Crippen LogP contribution in [0.2, 0.25) is 0 Å². The number of carbonyl (C=O) groups is 1. The van der Waals surface area contributed by atoms with E-state index in [9.17, 15) is 15.0 Å². The zero-order chi connectivity index (χ0) is 14.8. The van der Waals surface area contributed by atoms with E-state index in [1.54, 1.807) is 0 Å². The molecular weight excluding hydrogens is 278 g/mol. The first-order valence-electron chi connectivity index (χ1n) is 6.87. The lowest BCUT2D eigenvalue weighted by Crippen LogP contribution is -2.52. The number of hydrogen-bond acceptors (Lipinski definition) is 3. The number of rotatable bonds is 3. The molecule has 0 radical (unpaired) electrons. The number of halogens is 1. The van der Waals surface area contributed by atoms with Crippen molar-refractivity contribution in [3.05, 3.63) is 23.8 Å². The topological polar surface area (TPSA) is 69.6 Å². The summed E-state index contributed by atoms with van der Waals surface area (Å²) in [7, 11) is 0. The van der Waals surface area contributed by atoms with E-state index < -0.39 is 11.4 Å². The SMILES string of the molecule is CC1CCC(CCl)(NC(=O)c2c(O)cccc2O)CC1. The Balaban J connectivity index is 2.18. The molecule has 1 aliphatic carbocycles. The summed E-state index contributed by atoms with van der Waals surface area (Å²) in [6.07, 6.45) is 3.66. The van der Waals surface area contributed by atoms with Crippen molar-refractivity contribution in [2.45, 2.75) is 38.1 Å². The lowest BCUT2D eigenvalue weighted by Gasteiger charge is -2.38. The Labute approximate surface area is 123 Å².